The van der Waals surface area contributed by atoms with Crippen molar-refractivity contribution in [3.05, 3.63) is 29.3 Å². The minimum atomic E-state index is -3.06. The molecule has 2 aliphatic rings. The SMILES string of the molecule is O=C(NCC1CCN(S(=O)(=O)C2CC2)CC1)c1ccc2ncsc2c1. The third-order valence-electron chi connectivity index (χ3n) is 5.02. The summed E-state index contributed by atoms with van der Waals surface area (Å²) in [6, 6.07) is 5.53. The summed E-state index contributed by atoms with van der Waals surface area (Å²) in [5, 5.41) is 2.86. The van der Waals surface area contributed by atoms with E-state index in [1.807, 2.05) is 12.1 Å². The number of carbonyl (C=O) groups excluding carboxylic acids is 1. The third kappa shape index (κ3) is 3.56. The zero-order valence-corrected chi connectivity index (χ0v) is 15.5. The van der Waals surface area contributed by atoms with Gasteiger partial charge in [0.05, 0.1) is 21.0 Å². The number of hydrogen-bond donors (Lipinski definition) is 1. The Morgan fingerprint density at radius 3 is 2.72 bits per heavy atom. The van der Waals surface area contributed by atoms with E-state index in [9.17, 15) is 13.2 Å². The van der Waals surface area contributed by atoms with Gasteiger partial charge in [-0.1, -0.05) is 0 Å². The lowest BCUT2D eigenvalue weighted by molar-refractivity contribution is 0.0941. The molecule has 1 aliphatic carbocycles. The number of sulfonamides is 1. The van der Waals surface area contributed by atoms with Gasteiger partial charge in [0.1, 0.15) is 0 Å². The van der Waals surface area contributed by atoms with Gasteiger partial charge in [0.25, 0.3) is 5.91 Å². The standard InChI is InChI=1S/C17H21N3O3S2/c21-17(13-1-4-15-16(9-13)24-11-19-15)18-10-12-5-7-20(8-6-12)25(22,23)14-2-3-14/h1,4,9,11-12,14H,2-3,5-8,10H2,(H,18,21). The van der Waals surface area contributed by atoms with E-state index in [1.165, 1.54) is 11.3 Å². The highest BCUT2D eigenvalue weighted by Gasteiger charge is 2.41. The van der Waals surface area contributed by atoms with Crippen LogP contribution in [0.3, 0.4) is 0 Å². The molecule has 6 nitrogen and oxygen atoms in total. The Labute approximate surface area is 151 Å². The third-order valence-corrected chi connectivity index (χ3v) is 8.21. The Balaban J connectivity index is 1.29. The molecule has 1 aliphatic heterocycles. The molecular weight excluding hydrogens is 358 g/mol. The molecule has 2 aromatic rings. The van der Waals surface area contributed by atoms with Gasteiger partial charge < -0.3 is 5.32 Å². The number of carbonyl (C=O) groups is 1. The fourth-order valence-corrected chi connectivity index (χ4v) is 5.87. The molecule has 0 radical (unpaired) electrons. The number of hydrogen-bond acceptors (Lipinski definition) is 5. The summed E-state index contributed by atoms with van der Waals surface area (Å²) in [6.07, 6.45) is 3.23. The molecule has 0 spiro atoms. The molecule has 1 N–H and O–H groups in total. The molecule has 4 rings (SSSR count). The predicted octanol–water partition coefficient (Wildman–Crippen LogP) is 2.23. The van der Waals surface area contributed by atoms with E-state index < -0.39 is 10.0 Å². The highest BCUT2D eigenvalue weighted by molar-refractivity contribution is 7.90. The maximum atomic E-state index is 12.3. The van der Waals surface area contributed by atoms with Crippen molar-refractivity contribution in [3.63, 3.8) is 0 Å². The van der Waals surface area contributed by atoms with Crippen molar-refractivity contribution in [2.24, 2.45) is 5.92 Å². The maximum Gasteiger partial charge on any atom is 0.251 e. The molecule has 1 aromatic carbocycles. The van der Waals surface area contributed by atoms with Crippen LogP contribution in [0.5, 0.6) is 0 Å². The summed E-state index contributed by atoms with van der Waals surface area (Å²) < 4.78 is 27.1. The number of thiazole rings is 1. The number of piperidine rings is 1. The lowest BCUT2D eigenvalue weighted by Gasteiger charge is -2.31. The molecule has 1 aromatic heterocycles. The van der Waals surface area contributed by atoms with Crippen molar-refractivity contribution in [2.75, 3.05) is 19.6 Å². The highest BCUT2D eigenvalue weighted by atomic mass is 32.2. The molecule has 25 heavy (non-hydrogen) atoms. The fourth-order valence-electron chi connectivity index (χ4n) is 3.28. The van der Waals surface area contributed by atoms with Gasteiger partial charge in [0.15, 0.2) is 0 Å². The van der Waals surface area contributed by atoms with Gasteiger partial charge in [-0.15, -0.1) is 11.3 Å². The zero-order valence-electron chi connectivity index (χ0n) is 13.8. The molecular formula is C17H21N3O3S2. The fraction of sp³-hybridized carbons (Fsp3) is 0.529. The van der Waals surface area contributed by atoms with Crippen molar-refractivity contribution < 1.29 is 13.2 Å². The van der Waals surface area contributed by atoms with Crippen LogP contribution >= 0.6 is 11.3 Å². The van der Waals surface area contributed by atoms with Gasteiger partial charge in [-0.3, -0.25) is 4.79 Å². The Bertz CT molecular complexity index is 881. The van der Waals surface area contributed by atoms with Gasteiger partial charge in [0, 0.05) is 25.2 Å². The van der Waals surface area contributed by atoms with Crippen LogP contribution in [0, 0.1) is 5.92 Å². The first kappa shape index (κ1) is 16.9. The summed E-state index contributed by atoms with van der Waals surface area (Å²) >= 11 is 1.52. The average Bonchev–Trinajstić information content (AvgIpc) is 3.39. The minimum absolute atomic E-state index is 0.0802. The van der Waals surface area contributed by atoms with E-state index >= 15 is 0 Å². The van der Waals surface area contributed by atoms with Crippen molar-refractivity contribution in [1.29, 1.82) is 0 Å². The smallest absolute Gasteiger partial charge is 0.251 e. The van der Waals surface area contributed by atoms with E-state index in [-0.39, 0.29) is 11.2 Å². The first-order chi connectivity index (χ1) is 12.0. The van der Waals surface area contributed by atoms with Gasteiger partial charge in [-0.05, 0) is 49.8 Å². The average molecular weight is 380 g/mol. The van der Waals surface area contributed by atoms with Crippen molar-refractivity contribution in [3.8, 4) is 0 Å². The second kappa shape index (κ2) is 6.66. The first-order valence-corrected chi connectivity index (χ1v) is 11.0. The van der Waals surface area contributed by atoms with Gasteiger partial charge >= 0.3 is 0 Å². The predicted molar refractivity (Wildman–Crippen MR) is 98.2 cm³/mol. The number of benzene rings is 1. The molecule has 1 amide bonds. The molecule has 0 unspecified atom stereocenters. The normalized spacial score (nSPS) is 20.0. The Morgan fingerprint density at radius 2 is 2.00 bits per heavy atom. The van der Waals surface area contributed by atoms with Crippen LogP contribution in [0.4, 0.5) is 0 Å². The summed E-state index contributed by atoms with van der Waals surface area (Å²) in [4.78, 5) is 16.6. The quantitative estimate of drug-likeness (QED) is 0.864. The summed E-state index contributed by atoms with van der Waals surface area (Å²) in [5.41, 5.74) is 3.33. The molecule has 2 fully saturated rings. The summed E-state index contributed by atoms with van der Waals surface area (Å²) in [6.45, 7) is 1.75. The zero-order chi connectivity index (χ0) is 17.4. The largest absolute Gasteiger partial charge is 0.352 e. The van der Waals surface area contributed by atoms with E-state index in [2.05, 4.69) is 10.3 Å². The summed E-state index contributed by atoms with van der Waals surface area (Å²) in [7, 11) is -3.06. The molecule has 1 saturated heterocycles. The van der Waals surface area contributed by atoms with E-state index in [1.54, 1.807) is 15.9 Å². The van der Waals surface area contributed by atoms with Crippen LogP contribution in [-0.2, 0) is 10.0 Å². The van der Waals surface area contributed by atoms with E-state index in [0.29, 0.717) is 31.1 Å². The Kier molecular flexibility index (Phi) is 4.51. The molecule has 2 heterocycles. The minimum Gasteiger partial charge on any atom is -0.352 e. The van der Waals surface area contributed by atoms with Crippen LogP contribution in [0.15, 0.2) is 23.7 Å². The van der Waals surface area contributed by atoms with Crippen LogP contribution < -0.4 is 5.32 Å². The number of amides is 1. The van der Waals surface area contributed by atoms with Crippen LogP contribution in [0.1, 0.15) is 36.0 Å². The number of nitrogens with zero attached hydrogens (tertiary/aromatic N) is 2. The topological polar surface area (TPSA) is 79.4 Å². The first-order valence-electron chi connectivity index (χ1n) is 8.64. The van der Waals surface area contributed by atoms with E-state index in [4.69, 9.17) is 0 Å². The number of rotatable bonds is 5. The lowest BCUT2D eigenvalue weighted by atomic mass is 9.98. The molecule has 0 bridgehead atoms. The number of aromatic nitrogens is 1. The van der Waals surface area contributed by atoms with Crippen molar-refractivity contribution in [2.45, 2.75) is 30.9 Å². The van der Waals surface area contributed by atoms with Gasteiger partial charge in [-0.25, -0.2) is 17.7 Å². The second-order valence-corrected chi connectivity index (χ2v) is 9.93. The lowest BCUT2D eigenvalue weighted by Crippen LogP contribution is -2.42. The number of fused-ring (bicyclic) bond motifs is 1. The Hall–Kier alpha value is -1.51. The summed E-state index contributed by atoms with van der Waals surface area (Å²) in [5.74, 6) is 0.255. The van der Waals surface area contributed by atoms with Crippen LogP contribution in [0.2, 0.25) is 0 Å². The van der Waals surface area contributed by atoms with Crippen LogP contribution in [0.25, 0.3) is 10.2 Å². The van der Waals surface area contributed by atoms with Gasteiger partial charge in [-0.2, -0.15) is 0 Å². The monoisotopic (exact) mass is 379 g/mol. The second-order valence-electron chi connectivity index (χ2n) is 6.83. The highest BCUT2D eigenvalue weighted by Crippen LogP contribution is 2.33. The number of nitrogens with one attached hydrogen (secondary N) is 1. The Morgan fingerprint density at radius 1 is 1.24 bits per heavy atom. The molecule has 134 valence electrons. The molecule has 0 atom stereocenters. The van der Waals surface area contributed by atoms with E-state index in [0.717, 1.165) is 35.9 Å². The van der Waals surface area contributed by atoms with Crippen molar-refractivity contribution in [1.82, 2.24) is 14.6 Å². The maximum absolute atomic E-state index is 12.3. The molecule has 8 heteroatoms. The molecule has 1 saturated carbocycles. The van der Waals surface area contributed by atoms with Crippen molar-refractivity contribution >= 4 is 37.5 Å². The van der Waals surface area contributed by atoms with Crippen LogP contribution in [-0.4, -0.2) is 48.5 Å². The van der Waals surface area contributed by atoms with Gasteiger partial charge in [0.2, 0.25) is 10.0 Å².